The molecule has 2 heterocycles. The van der Waals surface area contributed by atoms with E-state index in [4.69, 9.17) is 5.32 Å². The predicted molar refractivity (Wildman–Crippen MR) is 46.6 cm³/mol. The lowest BCUT2D eigenvalue weighted by molar-refractivity contribution is 0.424. The Hall–Kier alpha value is -0.0400. The highest BCUT2D eigenvalue weighted by Gasteiger charge is 2.22. The molecular weight excluding hydrogens is 134 g/mol. The normalized spacial score (nSPS) is 39.3. The first-order valence-corrected chi connectivity index (χ1v) is 5.15. The molecular formula is C10H18N. The maximum absolute atomic E-state index is 4.88. The summed E-state index contributed by atoms with van der Waals surface area (Å²) in [6.45, 7) is 0. The van der Waals surface area contributed by atoms with Crippen LogP contribution < -0.4 is 5.32 Å². The largest absolute Gasteiger partial charge is 0.235 e. The Labute approximate surface area is 69.6 Å². The lowest BCUT2D eigenvalue weighted by atomic mass is 10.0. The van der Waals surface area contributed by atoms with E-state index in [0.29, 0.717) is 0 Å². The summed E-state index contributed by atoms with van der Waals surface area (Å²) in [5.74, 6) is 0. The van der Waals surface area contributed by atoms with Gasteiger partial charge < -0.3 is 0 Å². The van der Waals surface area contributed by atoms with Gasteiger partial charge in [-0.15, -0.1) is 0 Å². The van der Waals surface area contributed by atoms with E-state index in [9.17, 15) is 0 Å². The molecule has 0 saturated carbocycles. The summed E-state index contributed by atoms with van der Waals surface area (Å²) in [7, 11) is 0. The molecule has 2 bridgehead atoms. The molecule has 1 heteroatoms. The molecule has 0 spiro atoms. The molecule has 1 radical (unpaired) electrons. The van der Waals surface area contributed by atoms with Gasteiger partial charge in [0.2, 0.25) is 0 Å². The SMILES string of the molecule is C1CCC2CCCCC(C1)[N]2. The zero-order valence-corrected chi connectivity index (χ0v) is 7.26. The van der Waals surface area contributed by atoms with E-state index in [0.717, 1.165) is 12.1 Å². The molecule has 0 aromatic rings. The van der Waals surface area contributed by atoms with E-state index in [1.807, 2.05) is 0 Å². The molecule has 2 saturated heterocycles. The van der Waals surface area contributed by atoms with Crippen molar-refractivity contribution in [2.45, 2.75) is 63.5 Å². The second-order valence-corrected chi connectivity index (χ2v) is 4.03. The number of fused-ring (bicyclic) bond motifs is 2. The number of rotatable bonds is 0. The molecule has 11 heavy (non-hydrogen) atoms. The van der Waals surface area contributed by atoms with Crippen molar-refractivity contribution >= 4 is 0 Å². The molecule has 0 aliphatic carbocycles. The standard InChI is InChI=1S/C10H18N/c1-2-6-10-8-4-3-7-9(5-1)11-10/h9-10H,1-8H2. The Morgan fingerprint density at radius 3 is 1.36 bits per heavy atom. The van der Waals surface area contributed by atoms with Crippen LogP contribution in [0.2, 0.25) is 0 Å². The quantitative estimate of drug-likeness (QED) is 0.506. The van der Waals surface area contributed by atoms with Gasteiger partial charge in [-0.1, -0.05) is 25.7 Å². The topological polar surface area (TPSA) is 14.1 Å². The van der Waals surface area contributed by atoms with Crippen molar-refractivity contribution in [1.82, 2.24) is 5.32 Å². The third kappa shape index (κ3) is 1.96. The zero-order valence-electron chi connectivity index (χ0n) is 7.26. The van der Waals surface area contributed by atoms with E-state index >= 15 is 0 Å². The average molecular weight is 152 g/mol. The van der Waals surface area contributed by atoms with Crippen LogP contribution in [0.1, 0.15) is 51.4 Å². The van der Waals surface area contributed by atoms with Gasteiger partial charge in [0, 0.05) is 12.1 Å². The third-order valence-corrected chi connectivity index (χ3v) is 3.07. The highest BCUT2D eigenvalue weighted by molar-refractivity contribution is 4.80. The van der Waals surface area contributed by atoms with E-state index in [1.165, 1.54) is 51.4 Å². The Bertz CT molecular complexity index is 96.0. The van der Waals surface area contributed by atoms with Gasteiger partial charge in [-0.05, 0) is 25.7 Å². The monoisotopic (exact) mass is 152 g/mol. The first-order valence-electron chi connectivity index (χ1n) is 5.15. The molecule has 2 aliphatic heterocycles. The summed E-state index contributed by atoms with van der Waals surface area (Å²) in [6, 6.07) is 1.51. The van der Waals surface area contributed by atoms with Crippen molar-refractivity contribution in [2.75, 3.05) is 0 Å². The van der Waals surface area contributed by atoms with Crippen molar-refractivity contribution < 1.29 is 0 Å². The number of nitrogens with zero attached hydrogens (tertiary/aromatic N) is 1. The van der Waals surface area contributed by atoms with Crippen LogP contribution >= 0.6 is 0 Å². The fourth-order valence-electron chi connectivity index (χ4n) is 2.40. The summed E-state index contributed by atoms with van der Waals surface area (Å²) in [6.07, 6.45) is 11.3. The van der Waals surface area contributed by atoms with Crippen LogP contribution in [0.5, 0.6) is 0 Å². The molecule has 2 aliphatic rings. The first-order chi connectivity index (χ1) is 5.45. The highest BCUT2D eigenvalue weighted by Crippen LogP contribution is 2.24. The van der Waals surface area contributed by atoms with Crippen LogP contribution in [0.4, 0.5) is 0 Å². The minimum Gasteiger partial charge on any atom is -0.235 e. The van der Waals surface area contributed by atoms with Crippen molar-refractivity contribution in [3.63, 3.8) is 0 Å². The third-order valence-electron chi connectivity index (χ3n) is 3.07. The molecule has 1 nitrogen and oxygen atoms in total. The van der Waals surface area contributed by atoms with Crippen molar-refractivity contribution in [2.24, 2.45) is 0 Å². The van der Waals surface area contributed by atoms with Crippen molar-refractivity contribution in [1.29, 1.82) is 0 Å². The maximum atomic E-state index is 4.88. The van der Waals surface area contributed by atoms with Crippen LogP contribution in [0.25, 0.3) is 0 Å². The zero-order chi connectivity index (χ0) is 7.52. The van der Waals surface area contributed by atoms with Gasteiger partial charge in [-0.2, -0.15) is 0 Å². The Kier molecular flexibility index (Phi) is 2.47. The van der Waals surface area contributed by atoms with Crippen LogP contribution in [0.3, 0.4) is 0 Å². The minimum atomic E-state index is 0.755. The van der Waals surface area contributed by atoms with E-state index < -0.39 is 0 Å². The second-order valence-electron chi connectivity index (χ2n) is 4.03. The van der Waals surface area contributed by atoms with Crippen LogP contribution in [0, 0.1) is 0 Å². The molecule has 2 rings (SSSR count). The smallest absolute Gasteiger partial charge is 0.0249 e. The maximum Gasteiger partial charge on any atom is 0.0249 e. The highest BCUT2D eigenvalue weighted by atomic mass is 15.0. The Balaban J connectivity index is 1.96. The summed E-state index contributed by atoms with van der Waals surface area (Å²) < 4.78 is 0. The van der Waals surface area contributed by atoms with Gasteiger partial charge in [-0.25, -0.2) is 5.32 Å². The number of hydrogen-bond acceptors (Lipinski definition) is 0. The molecule has 0 aromatic heterocycles. The van der Waals surface area contributed by atoms with Gasteiger partial charge in [0.25, 0.3) is 0 Å². The summed E-state index contributed by atoms with van der Waals surface area (Å²) in [5.41, 5.74) is 0. The first kappa shape index (κ1) is 7.60. The summed E-state index contributed by atoms with van der Waals surface area (Å²) >= 11 is 0. The number of hydrogen-bond donors (Lipinski definition) is 0. The van der Waals surface area contributed by atoms with Crippen molar-refractivity contribution in [3.8, 4) is 0 Å². The van der Waals surface area contributed by atoms with Crippen LogP contribution in [-0.2, 0) is 0 Å². The molecule has 2 fully saturated rings. The molecule has 63 valence electrons. The van der Waals surface area contributed by atoms with Crippen LogP contribution in [-0.4, -0.2) is 12.1 Å². The van der Waals surface area contributed by atoms with Gasteiger partial charge in [0.1, 0.15) is 0 Å². The fraction of sp³-hybridized carbons (Fsp3) is 1.00. The van der Waals surface area contributed by atoms with Gasteiger partial charge >= 0.3 is 0 Å². The minimum absolute atomic E-state index is 0.755. The summed E-state index contributed by atoms with van der Waals surface area (Å²) in [5, 5.41) is 4.88. The van der Waals surface area contributed by atoms with Crippen LogP contribution in [0.15, 0.2) is 0 Å². The molecule has 0 atom stereocenters. The molecule has 0 N–H and O–H groups in total. The molecule has 0 aromatic carbocycles. The van der Waals surface area contributed by atoms with Gasteiger partial charge in [-0.3, -0.25) is 0 Å². The van der Waals surface area contributed by atoms with E-state index in [-0.39, 0.29) is 0 Å². The summed E-state index contributed by atoms with van der Waals surface area (Å²) in [4.78, 5) is 0. The Morgan fingerprint density at radius 1 is 0.636 bits per heavy atom. The van der Waals surface area contributed by atoms with Gasteiger partial charge in [0.15, 0.2) is 0 Å². The Morgan fingerprint density at radius 2 is 1.00 bits per heavy atom. The van der Waals surface area contributed by atoms with Gasteiger partial charge in [0.05, 0.1) is 0 Å². The molecule has 0 amide bonds. The van der Waals surface area contributed by atoms with Crippen molar-refractivity contribution in [3.05, 3.63) is 0 Å². The lowest BCUT2D eigenvalue weighted by Crippen LogP contribution is -2.27. The van der Waals surface area contributed by atoms with E-state index in [1.54, 1.807) is 0 Å². The predicted octanol–water partition coefficient (Wildman–Crippen LogP) is 2.48. The van der Waals surface area contributed by atoms with E-state index in [2.05, 4.69) is 0 Å². The lowest BCUT2D eigenvalue weighted by Gasteiger charge is -2.14. The average Bonchev–Trinajstić information content (AvgIpc) is 2.36. The second kappa shape index (κ2) is 3.57. The fourth-order valence-corrected chi connectivity index (χ4v) is 2.40. The molecule has 0 unspecified atom stereocenters.